The number of ketones is 1. The van der Waals surface area contributed by atoms with E-state index >= 15 is 0 Å². The first-order chi connectivity index (χ1) is 8.75. The summed E-state index contributed by atoms with van der Waals surface area (Å²) in [6.45, 7) is 5.73. The van der Waals surface area contributed by atoms with Gasteiger partial charge in [-0.1, -0.05) is 32.9 Å². The largest absolute Gasteiger partial charge is 0.416 e. The maximum Gasteiger partial charge on any atom is 0.416 e. The summed E-state index contributed by atoms with van der Waals surface area (Å²) in [6.07, 6.45) is -3.35. The Kier molecular flexibility index (Phi) is 5.15. The summed E-state index contributed by atoms with van der Waals surface area (Å²) in [7, 11) is 0. The van der Waals surface area contributed by atoms with Crippen LogP contribution in [0.2, 0.25) is 0 Å². The number of hydrogen-bond donors (Lipinski definition) is 0. The van der Waals surface area contributed by atoms with Crippen molar-refractivity contribution in [2.45, 2.75) is 39.8 Å². The molecule has 0 aliphatic rings. The number of carbonyl (C=O) groups excluding carboxylic acids is 1. The van der Waals surface area contributed by atoms with Crippen molar-refractivity contribution >= 4 is 5.78 Å². The fourth-order valence-corrected chi connectivity index (χ4v) is 2.07. The minimum atomic E-state index is -4.31. The van der Waals surface area contributed by atoms with E-state index in [1.54, 1.807) is 0 Å². The van der Waals surface area contributed by atoms with Crippen LogP contribution in [0, 0.1) is 11.8 Å². The molecule has 1 nitrogen and oxygen atoms in total. The highest BCUT2D eigenvalue weighted by Gasteiger charge is 2.30. The van der Waals surface area contributed by atoms with Crippen molar-refractivity contribution in [3.05, 3.63) is 35.4 Å². The third-order valence-corrected chi connectivity index (χ3v) is 3.30. The van der Waals surface area contributed by atoms with Gasteiger partial charge in [0, 0.05) is 12.3 Å². The van der Waals surface area contributed by atoms with Crippen molar-refractivity contribution in [2.24, 2.45) is 11.8 Å². The Morgan fingerprint density at radius 3 is 2.05 bits per heavy atom. The van der Waals surface area contributed by atoms with Crippen molar-refractivity contribution in [2.75, 3.05) is 0 Å². The number of halogens is 3. The van der Waals surface area contributed by atoms with Crippen LogP contribution < -0.4 is 0 Å². The topological polar surface area (TPSA) is 17.1 Å². The van der Waals surface area contributed by atoms with E-state index in [2.05, 4.69) is 0 Å². The van der Waals surface area contributed by atoms with Gasteiger partial charge in [-0.05, 0) is 30.0 Å². The Balaban J connectivity index is 2.84. The number of hydrogen-bond acceptors (Lipinski definition) is 1. The molecule has 0 aromatic heterocycles. The molecule has 0 fully saturated rings. The van der Waals surface area contributed by atoms with Crippen molar-refractivity contribution in [1.29, 1.82) is 0 Å². The van der Waals surface area contributed by atoms with Gasteiger partial charge in [0.05, 0.1) is 5.56 Å². The molecule has 0 radical (unpaired) electrons. The van der Waals surface area contributed by atoms with E-state index in [0.717, 1.165) is 17.7 Å². The van der Waals surface area contributed by atoms with Crippen LogP contribution in [0.4, 0.5) is 13.2 Å². The van der Waals surface area contributed by atoms with Crippen LogP contribution in [-0.2, 0) is 17.4 Å². The van der Waals surface area contributed by atoms with Crippen molar-refractivity contribution in [3.63, 3.8) is 0 Å². The highest BCUT2D eigenvalue weighted by molar-refractivity contribution is 5.81. The molecule has 1 atom stereocenters. The summed E-state index contributed by atoms with van der Waals surface area (Å²) in [4.78, 5) is 11.8. The summed E-state index contributed by atoms with van der Waals surface area (Å²) in [5.41, 5.74) is 0.118. The lowest BCUT2D eigenvalue weighted by Crippen LogP contribution is -2.22. The molecule has 0 saturated carbocycles. The van der Waals surface area contributed by atoms with Gasteiger partial charge in [-0.2, -0.15) is 13.2 Å². The maximum absolute atomic E-state index is 12.4. The average Bonchev–Trinajstić information content (AvgIpc) is 2.34. The number of rotatable bonds is 5. The zero-order valence-corrected chi connectivity index (χ0v) is 11.4. The Morgan fingerprint density at radius 2 is 1.68 bits per heavy atom. The molecule has 0 saturated heterocycles. The molecular formula is C15H19F3O. The van der Waals surface area contributed by atoms with Gasteiger partial charge >= 0.3 is 6.18 Å². The minimum absolute atomic E-state index is 0.123. The lowest BCUT2D eigenvalue weighted by atomic mass is 9.85. The van der Waals surface area contributed by atoms with Crippen LogP contribution in [0.25, 0.3) is 0 Å². The zero-order chi connectivity index (χ0) is 14.6. The van der Waals surface area contributed by atoms with Gasteiger partial charge in [-0.3, -0.25) is 4.79 Å². The Hall–Kier alpha value is -1.32. The van der Waals surface area contributed by atoms with Crippen LogP contribution in [0.5, 0.6) is 0 Å². The average molecular weight is 272 g/mol. The van der Waals surface area contributed by atoms with E-state index in [1.807, 2.05) is 20.8 Å². The molecule has 0 amide bonds. The summed E-state index contributed by atoms with van der Waals surface area (Å²) >= 11 is 0. The fourth-order valence-electron chi connectivity index (χ4n) is 2.07. The van der Waals surface area contributed by atoms with E-state index in [0.29, 0.717) is 12.8 Å². The van der Waals surface area contributed by atoms with Crippen molar-refractivity contribution in [1.82, 2.24) is 0 Å². The van der Waals surface area contributed by atoms with Gasteiger partial charge in [0.1, 0.15) is 5.78 Å². The Labute approximate surface area is 111 Å². The maximum atomic E-state index is 12.4. The Bertz CT molecular complexity index is 418. The summed E-state index contributed by atoms with van der Waals surface area (Å²) in [6, 6.07) is 5.06. The van der Waals surface area contributed by atoms with Gasteiger partial charge < -0.3 is 0 Å². The first kappa shape index (κ1) is 15.7. The van der Waals surface area contributed by atoms with Gasteiger partial charge in [-0.15, -0.1) is 0 Å². The highest BCUT2D eigenvalue weighted by Crippen LogP contribution is 2.29. The van der Waals surface area contributed by atoms with Crippen molar-refractivity contribution in [3.8, 4) is 0 Å². The van der Waals surface area contributed by atoms with Crippen LogP contribution in [0.3, 0.4) is 0 Å². The summed E-state index contributed by atoms with van der Waals surface area (Å²) in [5, 5.41) is 0. The molecule has 19 heavy (non-hydrogen) atoms. The van der Waals surface area contributed by atoms with Crippen LogP contribution >= 0.6 is 0 Å². The van der Waals surface area contributed by atoms with E-state index in [-0.39, 0.29) is 17.6 Å². The van der Waals surface area contributed by atoms with E-state index in [4.69, 9.17) is 0 Å². The molecule has 0 N–H and O–H groups in total. The lowest BCUT2D eigenvalue weighted by molar-refractivity contribution is -0.137. The zero-order valence-electron chi connectivity index (χ0n) is 11.4. The number of carbonyl (C=O) groups is 1. The van der Waals surface area contributed by atoms with E-state index < -0.39 is 11.7 Å². The first-order valence-corrected chi connectivity index (χ1v) is 6.44. The van der Waals surface area contributed by atoms with E-state index in [9.17, 15) is 18.0 Å². The minimum Gasteiger partial charge on any atom is -0.299 e. The molecule has 106 valence electrons. The predicted octanol–water partition coefficient (Wildman–Crippen LogP) is 4.50. The summed E-state index contributed by atoms with van der Waals surface area (Å²) in [5.74, 6) is 0.228. The molecule has 4 heteroatoms. The molecule has 0 spiro atoms. The molecule has 1 rings (SSSR count). The number of alkyl halides is 3. The molecule has 1 aromatic carbocycles. The van der Waals surface area contributed by atoms with Gasteiger partial charge in [0.25, 0.3) is 0 Å². The monoisotopic (exact) mass is 272 g/mol. The predicted molar refractivity (Wildman–Crippen MR) is 68.8 cm³/mol. The molecule has 0 bridgehead atoms. The van der Waals surface area contributed by atoms with Crippen LogP contribution in [-0.4, -0.2) is 5.78 Å². The van der Waals surface area contributed by atoms with E-state index in [1.165, 1.54) is 12.1 Å². The fraction of sp³-hybridized carbons (Fsp3) is 0.533. The molecular weight excluding hydrogens is 253 g/mol. The molecule has 0 aliphatic carbocycles. The molecule has 1 aromatic rings. The van der Waals surface area contributed by atoms with Gasteiger partial charge in [0.2, 0.25) is 0 Å². The first-order valence-electron chi connectivity index (χ1n) is 6.44. The SMILES string of the molecule is CCC(=O)C(Cc1ccc(C(F)(F)F)cc1)C(C)C. The van der Waals surface area contributed by atoms with Crippen molar-refractivity contribution < 1.29 is 18.0 Å². The second kappa shape index (κ2) is 6.22. The van der Waals surface area contributed by atoms with Crippen LogP contribution in [0.1, 0.15) is 38.3 Å². The smallest absolute Gasteiger partial charge is 0.299 e. The van der Waals surface area contributed by atoms with Crippen LogP contribution in [0.15, 0.2) is 24.3 Å². The third-order valence-electron chi connectivity index (χ3n) is 3.30. The normalized spacial score (nSPS) is 13.6. The number of benzene rings is 1. The second-order valence-corrected chi connectivity index (χ2v) is 5.07. The second-order valence-electron chi connectivity index (χ2n) is 5.07. The molecule has 0 heterocycles. The highest BCUT2D eigenvalue weighted by atomic mass is 19.4. The Morgan fingerprint density at radius 1 is 1.16 bits per heavy atom. The third kappa shape index (κ3) is 4.37. The number of Topliss-reactive ketones (excluding diaryl/α,β-unsaturated/α-hetero) is 1. The molecule has 0 aliphatic heterocycles. The summed E-state index contributed by atoms with van der Waals surface area (Å²) < 4.78 is 37.3. The molecule has 1 unspecified atom stereocenters. The standard InChI is InChI=1S/C15H19F3O/c1-4-14(19)13(10(2)3)9-11-5-7-12(8-6-11)15(16,17)18/h5-8,10,13H,4,9H2,1-3H3. The lowest BCUT2D eigenvalue weighted by Gasteiger charge is -2.19. The van der Waals surface area contributed by atoms with Gasteiger partial charge in [0.15, 0.2) is 0 Å². The quantitative estimate of drug-likeness (QED) is 0.771. The van der Waals surface area contributed by atoms with Gasteiger partial charge in [-0.25, -0.2) is 0 Å².